The molecule has 1 aromatic heterocycles. The van der Waals surface area contributed by atoms with Gasteiger partial charge in [-0.1, -0.05) is 24.6 Å². The molecule has 110 valence electrons. The number of aromatic nitrogens is 2. The van der Waals surface area contributed by atoms with Gasteiger partial charge in [0.05, 0.1) is 24.6 Å². The zero-order valence-corrected chi connectivity index (χ0v) is 12.0. The lowest BCUT2D eigenvalue weighted by atomic mass is 9.85. The van der Waals surface area contributed by atoms with Crippen LogP contribution in [0.2, 0.25) is 0 Å². The van der Waals surface area contributed by atoms with Crippen LogP contribution in [-0.2, 0) is 22.5 Å². The Kier molecular flexibility index (Phi) is 3.73. The molecule has 0 spiro atoms. The number of ether oxygens (including phenoxy) is 1. The molecular formula is C16H18N2O3. The van der Waals surface area contributed by atoms with Crippen molar-refractivity contribution in [3.05, 3.63) is 40.3 Å². The van der Waals surface area contributed by atoms with Crippen molar-refractivity contribution in [2.45, 2.75) is 32.2 Å². The van der Waals surface area contributed by atoms with Gasteiger partial charge in [-0.3, -0.25) is 9.59 Å². The Morgan fingerprint density at radius 2 is 2.05 bits per heavy atom. The molecule has 0 saturated heterocycles. The minimum atomic E-state index is -0.346. The van der Waals surface area contributed by atoms with Crippen LogP contribution < -0.4 is 5.56 Å². The maximum Gasteiger partial charge on any atom is 0.311 e. The van der Waals surface area contributed by atoms with Gasteiger partial charge in [0.2, 0.25) is 0 Å². The molecule has 1 aliphatic carbocycles. The normalized spacial score (nSPS) is 14.9. The molecule has 1 aromatic carbocycles. The number of esters is 1. The number of fused-ring (bicyclic) bond motifs is 1. The van der Waals surface area contributed by atoms with Gasteiger partial charge in [0.1, 0.15) is 0 Å². The molecule has 3 rings (SSSR count). The predicted molar refractivity (Wildman–Crippen MR) is 79.1 cm³/mol. The van der Waals surface area contributed by atoms with Crippen LogP contribution in [0.25, 0.3) is 10.8 Å². The zero-order chi connectivity index (χ0) is 14.8. The summed E-state index contributed by atoms with van der Waals surface area (Å²) in [5, 5.41) is 5.76. The number of carbonyl (C=O) groups is 1. The molecular weight excluding hydrogens is 268 g/mol. The summed E-state index contributed by atoms with van der Waals surface area (Å²) in [5.41, 5.74) is 0.530. The third kappa shape index (κ3) is 2.68. The summed E-state index contributed by atoms with van der Waals surface area (Å²) < 4.78 is 6.24. The summed E-state index contributed by atoms with van der Waals surface area (Å²) in [6.07, 6.45) is 3.60. The number of rotatable bonds is 4. The van der Waals surface area contributed by atoms with Crippen molar-refractivity contribution in [2.24, 2.45) is 5.92 Å². The highest BCUT2D eigenvalue weighted by Gasteiger charge is 2.20. The Morgan fingerprint density at radius 3 is 2.67 bits per heavy atom. The predicted octanol–water partition coefficient (Wildman–Crippen LogP) is 1.91. The SMILES string of the molecule is COC(=O)Cc1nn(CC2CCC2)c(=O)c2ccccc12. The summed E-state index contributed by atoms with van der Waals surface area (Å²) in [5.74, 6) is 0.184. The second kappa shape index (κ2) is 5.68. The molecule has 1 heterocycles. The molecule has 1 fully saturated rings. The Bertz CT molecular complexity index is 732. The van der Waals surface area contributed by atoms with Crippen molar-refractivity contribution in [3.8, 4) is 0 Å². The highest BCUT2D eigenvalue weighted by atomic mass is 16.5. The van der Waals surface area contributed by atoms with E-state index in [-0.39, 0.29) is 17.9 Å². The first-order valence-corrected chi connectivity index (χ1v) is 7.24. The van der Waals surface area contributed by atoms with Gasteiger partial charge in [0.15, 0.2) is 0 Å². The fraction of sp³-hybridized carbons (Fsp3) is 0.438. The van der Waals surface area contributed by atoms with Gasteiger partial charge < -0.3 is 4.74 Å². The second-order valence-corrected chi connectivity index (χ2v) is 5.53. The number of hydrogen-bond acceptors (Lipinski definition) is 4. The number of nitrogens with zero attached hydrogens (tertiary/aromatic N) is 2. The van der Waals surface area contributed by atoms with Crippen molar-refractivity contribution in [2.75, 3.05) is 7.11 Å². The minimum absolute atomic E-state index is 0.0777. The van der Waals surface area contributed by atoms with Crippen LogP contribution in [0.3, 0.4) is 0 Å². The van der Waals surface area contributed by atoms with E-state index in [4.69, 9.17) is 4.74 Å². The summed E-state index contributed by atoms with van der Waals surface area (Å²) in [7, 11) is 1.36. The van der Waals surface area contributed by atoms with Gasteiger partial charge in [0, 0.05) is 11.9 Å². The molecule has 21 heavy (non-hydrogen) atoms. The van der Waals surface area contributed by atoms with E-state index < -0.39 is 0 Å². The second-order valence-electron chi connectivity index (χ2n) is 5.53. The summed E-state index contributed by atoms with van der Waals surface area (Å²) in [4.78, 5) is 24.1. The van der Waals surface area contributed by atoms with E-state index in [9.17, 15) is 9.59 Å². The summed E-state index contributed by atoms with van der Waals surface area (Å²) in [6, 6.07) is 7.30. The lowest BCUT2D eigenvalue weighted by Gasteiger charge is -2.25. The maximum absolute atomic E-state index is 12.5. The highest BCUT2D eigenvalue weighted by molar-refractivity contribution is 5.86. The van der Waals surface area contributed by atoms with Gasteiger partial charge in [-0.15, -0.1) is 0 Å². The molecule has 0 unspecified atom stereocenters. The fourth-order valence-electron chi connectivity index (χ4n) is 2.69. The van der Waals surface area contributed by atoms with Crippen LogP contribution in [0.4, 0.5) is 0 Å². The largest absolute Gasteiger partial charge is 0.469 e. The van der Waals surface area contributed by atoms with Gasteiger partial charge >= 0.3 is 5.97 Å². The minimum Gasteiger partial charge on any atom is -0.469 e. The number of methoxy groups -OCH3 is 1. The van der Waals surface area contributed by atoms with Crippen molar-refractivity contribution >= 4 is 16.7 Å². The average Bonchev–Trinajstić information content (AvgIpc) is 2.46. The molecule has 0 amide bonds. The molecule has 5 nitrogen and oxygen atoms in total. The lowest BCUT2D eigenvalue weighted by molar-refractivity contribution is -0.139. The van der Waals surface area contributed by atoms with E-state index in [2.05, 4.69) is 5.10 Å². The van der Waals surface area contributed by atoms with E-state index >= 15 is 0 Å². The molecule has 2 aromatic rings. The quantitative estimate of drug-likeness (QED) is 0.806. The van der Waals surface area contributed by atoms with Crippen LogP contribution in [0.1, 0.15) is 25.0 Å². The number of carbonyl (C=O) groups excluding carboxylic acids is 1. The Labute approximate surface area is 122 Å². The van der Waals surface area contributed by atoms with Crippen LogP contribution >= 0.6 is 0 Å². The molecule has 0 N–H and O–H groups in total. The molecule has 5 heteroatoms. The molecule has 0 aliphatic heterocycles. The van der Waals surface area contributed by atoms with Crippen molar-refractivity contribution in [3.63, 3.8) is 0 Å². The average molecular weight is 286 g/mol. The highest BCUT2D eigenvalue weighted by Crippen LogP contribution is 2.27. The first kappa shape index (κ1) is 13.8. The maximum atomic E-state index is 12.5. The first-order chi connectivity index (χ1) is 10.2. The van der Waals surface area contributed by atoms with Gasteiger partial charge in [0.25, 0.3) is 5.56 Å². The monoisotopic (exact) mass is 286 g/mol. The standard InChI is InChI=1S/C16H18N2O3/c1-21-15(19)9-14-12-7-2-3-8-13(12)16(20)18(17-14)10-11-5-4-6-11/h2-3,7-8,11H,4-6,9-10H2,1H3. The first-order valence-electron chi connectivity index (χ1n) is 7.24. The molecule has 0 radical (unpaired) electrons. The molecule has 1 aliphatic rings. The number of hydrogen-bond donors (Lipinski definition) is 0. The van der Waals surface area contributed by atoms with Crippen molar-refractivity contribution in [1.82, 2.24) is 9.78 Å². The van der Waals surface area contributed by atoms with Crippen LogP contribution in [-0.4, -0.2) is 22.9 Å². The van der Waals surface area contributed by atoms with E-state index in [1.54, 1.807) is 6.07 Å². The topological polar surface area (TPSA) is 61.2 Å². The van der Waals surface area contributed by atoms with E-state index in [1.807, 2.05) is 18.2 Å². The Balaban J connectivity index is 2.08. The van der Waals surface area contributed by atoms with E-state index in [0.717, 1.165) is 18.2 Å². The van der Waals surface area contributed by atoms with Crippen LogP contribution in [0.15, 0.2) is 29.1 Å². The van der Waals surface area contributed by atoms with Gasteiger partial charge in [-0.05, 0) is 24.8 Å². The zero-order valence-electron chi connectivity index (χ0n) is 12.0. The Morgan fingerprint density at radius 1 is 1.33 bits per heavy atom. The van der Waals surface area contributed by atoms with Crippen LogP contribution in [0, 0.1) is 5.92 Å². The van der Waals surface area contributed by atoms with E-state index in [1.165, 1.54) is 18.2 Å². The smallest absolute Gasteiger partial charge is 0.311 e. The summed E-state index contributed by atoms with van der Waals surface area (Å²) in [6.45, 7) is 0.637. The third-order valence-electron chi connectivity index (χ3n) is 4.14. The lowest BCUT2D eigenvalue weighted by Crippen LogP contribution is -2.30. The molecule has 0 atom stereocenters. The molecule has 0 bridgehead atoms. The van der Waals surface area contributed by atoms with Crippen molar-refractivity contribution in [1.29, 1.82) is 0 Å². The van der Waals surface area contributed by atoms with Crippen LogP contribution in [0.5, 0.6) is 0 Å². The van der Waals surface area contributed by atoms with E-state index in [0.29, 0.717) is 23.5 Å². The van der Waals surface area contributed by atoms with Crippen molar-refractivity contribution < 1.29 is 9.53 Å². The van der Waals surface area contributed by atoms with Gasteiger partial charge in [-0.25, -0.2) is 4.68 Å². The molecule has 1 saturated carbocycles. The number of benzene rings is 1. The third-order valence-corrected chi connectivity index (χ3v) is 4.14. The fourth-order valence-corrected chi connectivity index (χ4v) is 2.69. The summed E-state index contributed by atoms with van der Waals surface area (Å²) >= 11 is 0. The van der Waals surface area contributed by atoms with Gasteiger partial charge in [-0.2, -0.15) is 5.10 Å². The Hall–Kier alpha value is -2.17.